The van der Waals surface area contributed by atoms with Crippen molar-refractivity contribution in [2.45, 2.75) is 39.0 Å². The van der Waals surface area contributed by atoms with Gasteiger partial charge in [-0.2, -0.15) is 0 Å². The fraction of sp³-hybridized carbons (Fsp3) is 0.636. The summed E-state index contributed by atoms with van der Waals surface area (Å²) in [7, 11) is 0. The van der Waals surface area contributed by atoms with Crippen molar-refractivity contribution in [2.75, 3.05) is 0 Å². The van der Waals surface area contributed by atoms with E-state index in [4.69, 9.17) is 0 Å². The molecule has 0 aromatic heterocycles. The second-order valence-corrected chi connectivity index (χ2v) is 3.75. The van der Waals surface area contributed by atoms with Gasteiger partial charge in [-0.25, -0.2) is 0 Å². The molecule has 1 aliphatic rings. The molecule has 0 radical (unpaired) electrons. The Morgan fingerprint density at radius 2 is 2.50 bits per heavy atom. The molecule has 0 aromatic rings. The van der Waals surface area contributed by atoms with E-state index in [1.807, 2.05) is 0 Å². The van der Waals surface area contributed by atoms with Crippen LogP contribution >= 0.6 is 15.9 Å². The van der Waals surface area contributed by atoms with Crippen LogP contribution in [0.1, 0.15) is 39.0 Å². The SMILES string of the molecule is CCCCC1C=C(C#CBr)CC1. The quantitative estimate of drug-likeness (QED) is 0.642. The molecule has 1 unspecified atom stereocenters. The molecule has 0 aromatic carbocycles. The van der Waals surface area contributed by atoms with Crippen LogP contribution in [0.5, 0.6) is 0 Å². The molecule has 1 rings (SSSR count). The molecule has 0 fully saturated rings. The van der Waals surface area contributed by atoms with Gasteiger partial charge >= 0.3 is 0 Å². The van der Waals surface area contributed by atoms with Crippen LogP contribution in [0.3, 0.4) is 0 Å². The summed E-state index contributed by atoms with van der Waals surface area (Å²) in [5.41, 5.74) is 1.33. The molecule has 1 atom stereocenters. The van der Waals surface area contributed by atoms with Crippen molar-refractivity contribution in [3.63, 3.8) is 0 Å². The van der Waals surface area contributed by atoms with E-state index in [0.29, 0.717) is 0 Å². The van der Waals surface area contributed by atoms with Gasteiger partial charge in [0.05, 0.1) is 0 Å². The Morgan fingerprint density at radius 1 is 1.67 bits per heavy atom. The van der Waals surface area contributed by atoms with Gasteiger partial charge < -0.3 is 0 Å². The molecule has 0 saturated carbocycles. The molecule has 0 nitrogen and oxygen atoms in total. The molecule has 12 heavy (non-hydrogen) atoms. The zero-order chi connectivity index (χ0) is 8.81. The van der Waals surface area contributed by atoms with E-state index in [-0.39, 0.29) is 0 Å². The highest BCUT2D eigenvalue weighted by atomic mass is 79.9. The van der Waals surface area contributed by atoms with Crippen LogP contribution in [-0.4, -0.2) is 0 Å². The Bertz CT molecular complexity index is 217. The van der Waals surface area contributed by atoms with Gasteiger partial charge in [0.1, 0.15) is 0 Å². The van der Waals surface area contributed by atoms with E-state index in [0.717, 1.165) is 5.92 Å². The monoisotopic (exact) mass is 226 g/mol. The van der Waals surface area contributed by atoms with Gasteiger partial charge in [-0.1, -0.05) is 31.8 Å². The number of hydrogen-bond donors (Lipinski definition) is 0. The van der Waals surface area contributed by atoms with E-state index in [9.17, 15) is 0 Å². The van der Waals surface area contributed by atoms with Crippen molar-refractivity contribution in [1.29, 1.82) is 0 Å². The molecule has 0 saturated heterocycles. The van der Waals surface area contributed by atoms with Gasteiger partial charge in [-0.15, -0.1) is 0 Å². The molecular formula is C11H15Br. The topological polar surface area (TPSA) is 0 Å². The van der Waals surface area contributed by atoms with Crippen LogP contribution in [0.15, 0.2) is 11.6 Å². The van der Waals surface area contributed by atoms with Crippen molar-refractivity contribution in [3.8, 4) is 10.8 Å². The smallest absolute Gasteiger partial charge is 0.0110 e. The zero-order valence-electron chi connectivity index (χ0n) is 7.57. The average Bonchev–Trinajstić information content (AvgIpc) is 2.50. The number of unbranched alkanes of at least 4 members (excludes halogenated alkanes) is 1. The number of halogens is 1. The van der Waals surface area contributed by atoms with Crippen LogP contribution in [-0.2, 0) is 0 Å². The summed E-state index contributed by atoms with van der Waals surface area (Å²) in [5.74, 6) is 3.89. The lowest BCUT2D eigenvalue weighted by Crippen LogP contribution is -1.89. The molecule has 0 aliphatic heterocycles. The molecule has 0 spiro atoms. The van der Waals surface area contributed by atoms with Crippen molar-refractivity contribution in [2.24, 2.45) is 5.92 Å². The van der Waals surface area contributed by atoms with Gasteiger partial charge in [0, 0.05) is 15.9 Å². The first-order valence-electron chi connectivity index (χ1n) is 4.69. The van der Waals surface area contributed by atoms with E-state index < -0.39 is 0 Å². The Hall–Kier alpha value is -0.220. The van der Waals surface area contributed by atoms with Crippen molar-refractivity contribution in [1.82, 2.24) is 0 Å². The minimum Gasteiger partial charge on any atom is -0.0698 e. The highest BCUT2D eigenvalue weighted by Crippen LogP contribution is 2.27. The molecule has 1 aliphatic carbocycles. The average molecular weight is 227 g/mol. The maximum absolute atomic E-state index is 3.13. The van der Waals surface area contributed by atoms with Gasteiger partial charge in [-0.3, -0.25) is 0 Å². The van der Waals surface area contributed by atoms with Crippen LogP contribution in [0.25, 0.3) is 0 Å². The van der Waals surface area contributed by atoms with Crippen LogP contribution < -0.4 is 0 Å². The molecule has 1 heteroatoms. The van der Waals surface area contributed by atoms with E-state index in [1.165, 1.54) is 37.7 Å². The lowest BCUT2D eigenvalue weighted by molar-refractivity contribution is 0.545. The molecule has 0 amide bonds. The standard InChI is InChI=1S/C11H15Br/c1-2-3-4-10-5-6-11(9-10)7-8-12/h9-10H,2-6H2,1H3. The lowest BCUT2D eigenvalue weighted by Gasteiger charge is -2.03. The van der Waals surface area contributed by atoms with Gasteiger partial charge in [0.25, 0.3) is 0 Å². The number of allylic oxidation sites excluding steroid dienone is 2. The molecule has 0 bridgehead atoms. The number of rotatable bonds is 3. The maximum Gasteiger partial charge on any atom is 0.0110 e. The highest BCUT2D eigenvalue weighted by molar-refractivity contribution is 9.12. The first-order chi connectivity index (χ1) is 5.86. The summed E-state index contributed by atoms with van der Waals surface area (Å²) >= 11 is 3.13. The second kappa shape index (κ2) is 5.43. The van der Waals surface area contributed by atoms with Crippen molar-refractivity contribution in [3.05, 3.63) is 11.6 Å². The Kier molecular flexibility index (Phi) is 4.46. The van der Waals surface area contributed by atoms with Crippen molar-refractivity contribution >= 4 is 15.9 Å². The molecule has 0 heterocycles. The molecular weight excluding hydrogens is 212 g/mol. The van der Waals surface area contributed by atoms with Crippen LogP contribution in [0.2, 0.25) is 0 Å². The summed E-state index contributed by atoms with van der Waals surface area (Å²) in [5, 5.41) is 0. The summed E-state index contributed by atoms with van der Waals surface area (Å²) in [6, 6.07) is 0. The Morgan fingerprint density at radius 3 is 3.17 bits per heavy atom. The Balaban J connectivity index is 2.35. The highest BCUT2D eigenvalue weighted by Gasteiger charge is 2.13. The fourth-order valence-corrected chi connectivity index (χ4v) is 1.91. The molecule has 66 valence electrons. The van der Waals surface area contributed by atoms with E-state index in [2.05, 4.69) is 39.7 Å². The molecule has 0 N–H and O–H groups in total. The van der Waals surface area contributed by atoms with E-state index in [1.54, 1.807) is 0 Å². The fourth-order valence-electron chi connectivity index (χ4n) is 1.65. The third-order valence-electron chi connectivity index (χ3n) is 2.36. The lowest BCUT2D eigenvalue weighted by atomic mass is 10.0. The second-order valence-electron chi connectivity index (χ2n) is 3.35. The Labute approximate surface area is 83.6 Å². The normalized spacial score (nSPS) is 21.5. The van der Waals surface area contributed by atoms with Crippen LogP contribution in [0, 0.1) is 16.7 Å². The third-order valence-corrected chi connectivity index (χ3v) is 2.56. The first kappa shape index (κ1) is 9.86. The summed E-state index contributed by atoms with van der Waals surface area (Å²) < 4.78 is 0. The minimum atomic E-state index is 0.813. The van der Waals surface area contributed by atoms with Crippen LogP contribution in [0.4, 0.5) is 0 Å². The minimum absolute atomic E-state index is 0.813. The largest absolute Gasteiger partial charge is 0.0698 e. The van der Waals surface area contributed by atoms with Crippen molar-refractivity contribution < 1.29 is 0 Å². The number of hydrogen-bond acceptors (Lipinski definition) is 0. The van der Waals surface area contributed by atoms with Gasteiger partial charge in [0.2, 0.25) is 0 Å². The predicted molar refractivity (Wildman–Crippen MR) is 57.0 cm³/mol. The summed E-state index contributed by atoms with van der Waals surface area (Å²) in [4.78, 5) is 2.78. The summed E-state index contributed by atoms with van der Waals surface area (Å²) in [6.07, 6.45) is 8.87. The van der Waals surface area contributed by atoms with E-state index >= 15 is 0 Å². The first-order valence-corrected chi connectivity index (χ1v) is 5.48. The predicted octanol–water partition coefficient (Wildman–Crippen LogP) is 3.87. The van der Waals surface area contributed by atoms with Gasteiger partial charge in [0.15, 0.2) is 0 Å². The summed E-state index contributed by atoms with van der Waals surface area (Å²) in [6.45, 7) is 2.25. The third kappa shape index (κ3) is 3.03. The zero-order valence-corrected chi connectivity index (χ0v) is 9.15. The van der Waals surface area contributed by atoms with Gasteiger partial charge in [-0.05, 0) is 35.6 Å². The maximum atomic E-state index is 3.13.